The number of β-amino-alcohol motifs (C(OH)–C–C–N with tert-alkyl or cyclic N) is 1. The van der Waals surface area contributed by atoms with Gasteiger partial charge in [0.15, 0.2) is 0 Å². The molecule has 1 N–H and O–H groups in total. The highest BCUT2D eigenvalue weighted by atomic mass is 16.5. The fraction of sp³-hybridized carbons (Fsp3) is 0.438. The predicted octanol–water partition coefficient (Wildman–Crippen LogP) is 1.53. The van der Waals surface area contributed by atoms with Crippen molar-refractivity contribution in [2.75, 3.05) is 13.1 Å². The molecule has 2 atom stereocenters. The van der Waals surface area contributed by atoms with Crippen LogP contribution in [0, 0.1) is 0 Å². The zero-order valence-electron chi connectivity index (χ0n) is 12.2. The Balaban J connectivity index is 1.58. The number of para-hydroxylation sites is 1. The second-order valence-corrected chi connectivity index (χ2v) is 5.44. The molecule has 0 saturated carbocycles. The van der Waals surface area contributed by atoms with Gasteiger partial charge in [-0.2, -0.15) is 5.10 Å². The number of aliphatic hydroxyl groups excluding tert-OH is 1. The lowest BCUT2D eigenvalue weighted by Crippen LogP contribution is -2.29. The Kier molecular flexibility index (Phi) is 4.22. The topological polar surface area (TPSA) is 50.5 Å². The third-order valence-corrected chi connectivity index (χ3v) is 3.76. The molecule has 2 heterocycles. The highest BCUT2D eigenvalue weighted by Crippen LogP contribution is 2.20. The van der Waals surface area contributed by atoms with Crippen molar-refractivity contribution < 1.29 is 9.84 Å². The van der Waals surface area contributed by atoms with Gasteiger partial charge in [-0.05, 0) is 19.1 Å². The van der Waals surface area contributed by atoms with Gasteiger partial charge in [-0.3, -0.25) is 9.58 Å². The van der Waals surface area contributed by atoms with Gasteiger partial charge in [0.05, 0.1) is 6.20 Å². The molecule has 0 aliphatic carbocycles. The maximum Gasteiger partial charge on any atom is 0.138 e. The molecule has 1 aliphatic rings. The SMILES string of the molecule is CCn1cc(CN2C[C@@H](O)[C@H](Oc3ccccc3)C2)cn1. The summed E-state index contributed by atoms with van der Waals surface area (Å²) in [5, 5.41) is 14.4. The molecular formula is C16H21N3O2. The molecule has 1 saturated heterocycles. The molecule has 3 rings (SSSR count). The van der Waals surface area contributed by atoms with E-state index in [4.69, 9.17) is 4.74 Å². The third kappa shape index (κ3) is 3.43. The first-order valence-corrected chi connectivity index (χ1v) is 7.38. The van der Waals surface area contributed by atoms with Gasteiger partial charge in [-0.15, -0.1) is 0 Å². The summed E-state index contributed by atoms with van der Waals surface area (Å²) in [5.74, 6) is 0.808. The van der Waals surface area contributed by atoms with Crippen LogP contribution < -0.4 is 4.74 Å². The summed E-state index contributed by atoms with van der Waals surface area (Å²) in [6.07, 6.45) is 3.32. The van der Waals surface area contributed by atoms with Crippen LogP contribution in [0.4, 0.5) is 0 Å². The number of nitrogens with zero attached hydrogens (tertiary/aromatic N) is 3. The number of benzene rings is 1. The van der Waals surface area contributed by atoms with Crippen molar-refractivity contribution in [1.82, 2.24) is 14.7 Å². The summed E-state index contributed by atoms with van der Waals surface area (Å²) in [6, 6.07) is 9.66. The van der Waals surface area contributed by atoms with Gasteiger partial charge in [0, 0.05) is 37.9 Å². The van der Waals surface area contributed by atoms with Gasteiger partial charge in [0.1, 0.15) is 18.0 Å². The zero-order valence-corrected chi connectivity index (χ0v) is 12.2. The van der Waals surface area contributed by atoms with Crippen molar-refractivity contribution in [2.24, 2.45) is 0 Å². The molecule has 5 nitrogen and oxygen atoms in total. The summed E-state index contributed by atoms with van der Waals surface area (Å²) < 4.78 is 7.79. The van der Waals surface area contributed by atoms with E-state index in [1.807, 2.05) is 41.2 Å². The van der Waals surface area contributed by atoms with E-state index in [1.165, 1.54) is 5.56 Å². The van der Waals surface area contributed by atoms with Crippen LogP contribution in [0.3, 0.4) is 0 Å². The summed E-state index contributed by atoms with van der Waals surface area (Å²) >= 11 is 0. The lowest BCUT2D eigenvalue weighted by molar-refractivity contribution is 0.0737. The zero-order chi connectivity index (χ0) is 14.7. The van der Waals surface area contributed by atoms with Gasteiger partial charge in [0.2, 0.25) is 0 Å². The minimum Gasteiger partial charge on any atom is -0.486 e. The molecule has 1 fully saturated rings. The highest BCUT2D eigenvalue weighted by Gasteiger charge is 2.33. The van der Waals surface area contributed by atoms with Crippen LogP contribution in [0.5, 0.6) is 5.75 Å². The summed E-state index contributed by atoms with van der Waals surface area (Å²) in [5.41, 5.74) is 1.17. The van der Waals surface area contributed by atoms with E-state index in [1.54, 1.807) is 0 Å². The Morgan fingerprint density at radius 3 is 2.81 bits per heavy atom. The first-order chi connectivity index (χ1) is 10.2. The maximum absolute atomic E-state index is 10.2. The number of aromatic nitrogens is 2. The fourth-order valence-corrected chi connectivity index (χ4v) is 2.67. The predicted molar refractivity (Wildman–Crippen MR) is 80.0 cm³/mol. The molecule has 112 valence electrons. The molecular weight excluding hydrogens is 266 g/mol. The fourth-order valence-electron chi connectivity index (χ4n) is 2.67. The van der Waals surface area contributed by atoms with Crippen molar-refractivity contribution in [3.05, 3.63) is 48.3 Å². The van der Waals surface area contributed by atoms with E-state index < -0.39 is 6.10 Å². The number of hydrogen-bond donors (Lipinski definition) is 1. The highest BCUT2D eigenvalue weighted by molar-refractivity contribution is 5.21. The Morgan fingerprint density at radius 2 is 2.10 bits per heavy atom. The van der Waals surface area contributed by atoms with Crippen LogP contribution in [-0.4, -0.2) is 45.1 Å². The van der Waals surface area contributed by atoms with E-state index in [2.05, 4.69) is 23.1 Å². The molecule has 1 aromatic heterocycles. The van der Waals surface area contributed by atoms with Gasteiger partial charge < -0.3 is 9.84 Å². The normalized spacial score (nSPS) is 22.6. The molecule has 0 unspecified atom stereocenters. The molecule has 21 heavy (non-hydrogen) atoms. The number of likely N-dealkylation sites (tertiary alicyclic amines) is 1. The van der Waals surface area contributed by atoms with Crippen LogP contribution in [0.2, 0.25) is 0 Å². The molecule has 0 bridgehead atoms. The summed E-state index contributed by atoms with van der Waals surface area (Å²) in [4.78, 5) is 2.20. The van der Waals surface area contributed by atoms with Crippen LogP contribution in [0.1, 0.15) is 12.5 Å². The lowest BCUT2D eigenvalue weighted by Gasteiger charge is -2.16. The summed E-state index contributed by atoms with van der Waals surface area (Å²) in [7, 11) is 0. The molecule has 0 amide bonds. The minimum absolute atomic E-state index is 0.173. The Hall–Kier alpha value is -1.85. The monoisotopic (exact) mass is 287 g/mol. The average molecular weight is 287 g/mol. The van der Waals surface area contributed by atoms with Crippen molar-refractivity contribution in [3.8, 4) is 5.75 Å². The Bertz CT molecular complexity index is 570. The molecule has 0 spiro atoms. The molecule has 1 aliphatic heterocycles. The number of aryl methyl sites for hydroxylation is 1. The largest absolute Gasteiger partial charge is 0.486 e. The second kappa shape index (κ2) is 6.28. The number of hydrogen-bond acceptors (Lipinski definition) is 4. The van der Waals surface area contributed by atoms with E-state index in [9.17, 15) is 5.11 Å². The molecule has 0 radical (unpaired) electrons. The van der Waals surface area contributed by atoms with Crippen LogP contribution in [0.15, 0.2) is 42.7 Å². The van der Waals surface area contributed by atoms with Crippen molar-refractivity contribution in [2.45, 2.75) is 32.2 Å². The first-order valence-electron chi connectivity index (χ1n) is 7.38. The van der Waals surface area contributed by atoms with Crippen molar-refractivity contribution in [1.29, 1.82) is 0 Å². The number of rotatable bonds is 5. The van der Waals surface area contributed by atoms with Gasteiger partial charge in [0.25, 0.3) is 0 Å². The van der Waals surface area contributed by atoms with Gasteiger partial charge in [-0.25, -0.2) is 0 Å². The van der Waals surface area contributed by atoms with Crippen LogP contribution in [-0.2, 0) is 13.1 Å². The Labute approximate surface area is 124 Å². The van der Waals surface area contributed by atoms with E-state index >= 15 is 0 Å². The lowest BCUT2D eigenvalue weighted by atomic mass is 10.2. The quantitative estimate of drug-likeness (QED) is 0.906. The number of aliphatic hydroxyl groups is 1. The van der Waals surface area contributed by atoms with Gasteiger partial charge >= 0.3 is 0 Å². The number of ether oxygens (including phenoxy) is 1. The van der Waals surface area contributed by atoms with E-state index in [0.717, 1.165) is 25.4 Å². The smallest absolute Gasteiger partial charge is 0.138 e. The third-order valence-electron chi connectivity index (χ3n) is 3.76. The van der Waals surface area contributed by atoms with Crippen molar-refractivity contribution in [3.63, 3.8) is 0 Å². The minimum atomic E-state index is -0.452. The van der Waals surface area contributed by atoms with Crippen LogP contribution in [0.25, 0.3) is 0 Å². The average Bonchev–Trinajstić information content (AvgIpc) is 3.08. The van der Waals surface area contributed by atoms with Gasteiger partial charge in [-0.1, -0.05) is 18.2 Å². The maximum atomic E-state index is 10.2. The first kappa shape index (κ1) is 14.1. The van der Waals surface area contributed by atoms with Crippen molar-refractivity contribution >= 4 is 0 Å². The van der Waals surface area contributed by atoms with E-state index in [0.29, 0.717) is 6.54 Å². The molecule has 1 aromatic carbocycles. The molecule has 5 heteroatoms. The van der Waals surface area contributed by atoms with Crippen LogP contribution >= 0.6 is 0 Å². The van der Waals surface area contributed by atoms with E-state index in [-0.39, 0.29) is 6.10 Å². The summed E-state index contributed by atoms with van der Waals surface area (Å²) in [6.45, 7) is 5.11. The Morgan fingerprint density at radius 1 is 1.29 bits per heavy atom. The molecule has 2 aromatic rings. The standard InChI is InChI=1S/C16H21N3O2/c1-2-19-10-13(8-17-19)9-18-11-15(20)16(12-18)21-14-6-4-3-5-7-14/h3-8,10,15-16,20H,2,9,11-12H2,1H3/t15-,16-/m1/s1. The second-order valence-electron chi connectivity index (χ2n) is 5.44.